The van der Waals surface area contributed by atoms with Crippen molar-refractivity contribution in [3.63, 3.8) is 0 Å². The van der Waals surface area contributed by atoms with Crippen molar-refractivity contribution < 1.29 is 4.79 Å². The molecule has 0 radical (unpaired) electrons. The van der Waals surface area contributed by atoms with Crippen molar-refractivity contribution in [2.45, 2.75) is 77.8 Å². The molecule has 2 rings (SSSR count). The van der Waals surface area contributed by atoms with Crippen molar-refractivity contribution in [3.8, 4) is 0 Å². The van der Waals surface area contributed by atoms with E-state index in [-0.39, 0.29) is 5.92 Å². The fraction of sp³-hybridized carbons (Fsp3) is 0.941. The molecule has 20 heavy (non-hydrogen) atoms. The van der Waals surface area contributed by atoms with E-state index in [4.69, 9.17) is 0 Å². The summed E-state index contributed by atoms with van der Waals surface area (Å²) in [5.41, 5.74) is 0. The first-order valence-electron chi connectivity index (χ1n) is 8.65. The molecule has 0 aromatic carbocycles. The lowest BCUT2D eigenvalue weighted by Gasteiger charge is -2.37. The molecule has 1 saturated carbocycles. The molecule has 0 spiro atoms. The Balaban J connectivity index is 1.73. The molecular formula is C17H32N2O. The van der Waals surface area contributed by atoms with E-state index in [1.54, 1.807) is 0 Å². The van der Waals surface area contributed by atoms with Crippen LogP contribution in [-0.4, -0.2) is 36.0 Å². The Hall–Kier alpha value is -0.570. The van der Waals surface area contributed by atoms with Crippen LogP contribution in [0.1, 0.15) is 65.7 Å². The van der Waals surface area contributed by atoms with Crippen LogP contribution in [0.25, 0.3) is 0 Å². The first kappa shape index (κ1) is 15.8. The topological polar surface area (TPSA) is 32.3 Å². The quantitative estimate of drug-likeness (QED) is 0.857. The van der Waals surface area contributed by atoms with Crippen LogP contribution in [0, 0.1) is 11.8 Å². The van der Waals surface area contributed by atoms with Crippen LogP contribution in [0.15, 0.2) is 0 Å². The minimum atomic E-state index is 0.142. The van der Waals surface area contributed by atoms with Crippen LogP contribution in [-0.2, 0) is 4.79 Å². The molecule has 0 aromatic heterocycles. The Kier molecular flexibility index (Phi) is 5.88. The summed E-state index contributed by atoms with van der Waals surface area (Å²) in [6.45, 7) is 8.21. The van der Waals surface area contributed by atoms with Crippen LogP contribution >= 0.6 is 0 Å². The smallest absolute Gasteiger partial charge is 0.225 e. The van der Waals surface area contributed by atoms with E-state index in [1.165, 1.54) is 32.1 Å². The van der Waals surface area contributed by atoms with Crippen molar-refractivity contribution >= 4 is 5.91 Å². The molecule has 0 aromatic rings. The molecule has 3 heteroatoms. The number of rotatable bonds is 4. The Morgan fingerprint density at radius 3 is 2.45 bits per heavy atom. The first-order chi connectivity index (χ1) is 9.60. The van der Waals surface area contributed by atoms with Gasteiger partial charge in [0.2, 0.25) is 5.91 Å². The number of amides is 1. The summed E-state index contributed by atoms with van der Waals surface area (Å²) in [5.74, 6) is 1.40. The van der Waals surface area contributed by atoms with E-state index >= 15 is 0 Å². The van der Waals surface area contributed by atoms with Gasteiger partial charge in [0.1, 0.15) is 0 Å². The van der Waals surface area contributed by atoms with Crippen LogP contribution in [0.3, 0.4) is 0 Å². The molecule has 0 bridgehead atoms. The standard InChI is InChI=1S/C17H32N2O/c1-4-14-6-5-7-16(12-14)18-15-8-10-19(11-9-15)17(20)13(2)3/h13-16,18H,4-12H2,1-3H3. The maximum absolute atomic E-state index is 12.0. The van der Waals surface area contributed by atoms with Gasteiger partial charge in [0.15, 0.2) is 0 Å². The van der Waals surface area contributed by atoms with Gasteiger partial charge in [-0.2, -0.15) is 0 Å². The van der Waals surface area contributed by atoms with Gasteiger partial charge in [-0.05, 0) is 31.6 Å². The van der Waals surface area contributed by atoms with Gasteiger partial charge in [0.05, 0.1) is 0 Å². The highest BCUT2D eigenvalue weighted by Crippen LogP contribution is 2.27. The number of carbonyl (C=O) groups is 1. The largest absolute Gasteiger partial charge is 0.342 e. The number of hydrogen-bond acceptors (Lipinski definition) is 2. The third kappa shape index (κ3) is 4.21. The number of piperidine rings is 1. The third-order valence-electron chi connectivity index (χ3n) is 5.13. The van der Waals surface area contributed by atoms with Crippen LogP contribution < -0.4 is 5.32 Å². The lowest BCUT2D eigenvalue weighted by atomic mass is 9.83. The van der Waals surface area contributed by atoms with E-state index in [9.17, 15) is 4.79 Å². The monoisotopic (exact) mass is 280 g/mol. The van der Waals surface area contributed by atoms with Crippen molar-refractivity contribution in [3.05, 3.63) is 0 Å². The number of likely N-dealkylation sites (tertiary alicyclic amines) is 1. The zero-order chi connectivity index (χ0) is 14.5. The normalized spacial score (nSPS) is 28.9. The molecule has 1 aliphatic carbocycles. The molecule has 1 heterocycles. The van der Waals surface area contributed by atoms with Crippen LogP contribution in [0.2, 0.25) is 0 Å². The SMILES string of the molecule is CCC1CCCC(NC2CCN(C(=O)C(C)C)CC2)C1. The molecule has 116 valence electrons. The summed E-state index contributed by atoms with van der Waals surface area (Å²) in [7, 11) is 0. The molecule has 1 N–H and O–H groups in total. The lowest BCUT2D eigenvalue weighted by molar-refractivity contribution is -0.135. The summed E-state index contributed by atoms with van der Waals surface area (Å²) < 4.78 is 0. The highest BCUT2D eigenvalue weighted by molar-refractivity contribution is 5.78. The second-order valence-electron chi connectivity index (χ2n) is 7.06. The molecule has 2 aliphatic rings. The van der Waals surface area contributed by atoms with Crippen LogP contribution in [0.4, 0.5) is 0 Å². The predicted octanol–water partition coefficient (Wildman–Crippen LogP) is 3.19. The maximum atomic E-state index is 12.0. The summed E-state index contributed by atoms with van der Waals surface area (Å²) in [6.07, 6.45) is 9.12. The lowest BCUT2D eigenvalue weighted by Crippen LogP contribution is -2.49. The van der Waals surface area contributed by atoms with Crippen molar-refractivity contribution in [2.24, 2.45) is 11.8 Å². The summed E-state index contributed by atoms with van der Waals surface area (Å²) in [5, 5.41) is 3.87. The second-order valence-corrected chi connectivity index (χ2v) is 7.06. The Morgan fingerprint density at radius 1 is 1.15 bits per heavy atom. The molecule has 1 amide bonds. The molecule has 2 unspecified atom stereocenters. The van der Waals surface area contributed by atoms with Gasteiger partial charge in [0.25, 0.3) is 0 Å². The van der Waals surface area contributed by atoms with Gasteiger partial charge < -0.3 is 10.2 Å². The molecule has 1 aliphatic heterocycles. The number of carbonyl (C=O) groups excluding carboxylic acids is 1. The first-order valence-corrected chi connectivity index (χ1v) is 8.65. The molecule has 2 fully saturated rings. The van der Waals surface area contributed by atoms with E-state index in [2.05, 4.69) is 17.1 Å². The third-order valence-corrected chi connectivity index (χ3v) is 5.13. The minimum Gasteiger partial charge on any atom is -0.342 e. The van der Waals surface area contributed by atoms with Gasteiger partial charge in [0, 0.05) is 31.1 Å². The van der Waals surface area contributed by atoms with Gasteiger partial charge in [-0.3, -0.25) is 4.79 Å². The van der Waals surface area contributed by atoms with E-state index < -0.39 is 0 Å². The predicted molar refractivity (Wildman–Crippen MR) is 83.6 cm³/mol. The average Bonchev–Trinajstić information content (AvgIpc) is 2.47. The number of nitrogens with zero attached hydrogens (tertiary/aromatic N) is 1. The van der Waals surface area contributed by atoms with E-state index in [0.717, 1.165) is 37.9 Å². The maximum Gasteiger partial charge on any atom is 0.225 e. The highest BCUT2D eigenvalue weighted by Gasteiger charge is 2.27. The molecular weight excluding hydrogens is 248 g/mol. The van der Waals surface area contributed by atoms with Crippen LogP contribution in [0.5, 0.6) is 0 Å². The zero-order valence-electron chi connectivity index (χ0n) is 13.5. The zero-order valence-corrected chi connectivity index (χ0v) is 13.5. The second kappa shape index (κ2) is 7.44. The Morgan fingerprint density at radius 2 is 1.85 bits per heavy atom. The van der Waals surface area contributed by atoms with Gasteiger partial charge >= 0.3 is 0 Å². The Bertz CT molecular complexity index is 308. The van der Waals surface area contributed by atoms with Gasteiger partial charge in [-0.15, -0.1) is 0 Å². The molecule has 3 nitrogen and oxygen atoms in total. The summed E-state index contributed by atoms with van der Waals surface area (Å²) in [4.78, 5) is 14.0. The number of nitrogens with one attached hydrogen (secondary N) is 1. The van der Waals surface area contributed by atoms with Crippen molar-refractivity contribution in [2.75, 3.05) is 13.1 Å². The van der Waals surface area contributed by atoms with Gasteiger partial charge in [-0.1, -0.05) is 40.0 Å². The highest BCUT2D eigenvalue weighted by atomic mass is 16.2. The fourth-order valence-electron chi connectivity index (χ4n) is 3.78. The van der Waals surface area contributed by atoms with Crippen molar-refractivity contribution in [1.29, 1.82) is 0 Å². The average molecular weight is 280 g/mol. The fourth-order valence-corrected chi connectivity index (χ4v) is 3.78. The Labute approximate surface area is 124 Å². The minimum absolute atomic E-state index is 0.142. The molecule has 2 atom stereocenters. The summed E-state index contributed by atoms with van der Waals surface area (Å²) >= 11 is 0. The van der Waals surface area contributed by atoms with E-state index in [1.807, 2.05) is 13.8 Å². The van der Waals surface area contributed by atoms with Crippen molar-refractivity contribution in [1.82, 2.24) is 10.2 Å². The number of hydrogen-bond donors (Lipinski definition) is 1. The van der Waals surface area contributed by atoms with Gasteiger partial charge in [-0.25, -0.2) is 0 Å². The molecule has 1 saturated heterocycles. The van der Waals surface area contributed by atoms with E-state index in [0.29, 0.717) is 11.9 Å². The summed E-state index contributed by atoms with van der Waals surface area (Å²) in [6, 6.07) is 1.36.